The van der Waals surface area contributed by atoms with Crippen LogP contribution in [0.25, 0.3) is 0 Å². The van der Waals surface area contributed by atoms with E-state index in [-0.39, 0.29) is 12.6 Å². The third-order valence-corrected chi connectivity index (χ3v) is 1.93. The van der Waals surface area contributed by atoms with Crippen LogP contribution in [-0.4, -0.2) is 42.4 Å². The number of halogens is 1. The first-order valence-corrected chi connectivity index (χ1v) is 4.21. The first-order valence-electron chi connectivity index (χ1n) is 4.21. The number of hydrogen-bond donors (Lipinski definition) is 1. The molecule has 1 aliphatic rings. The number of alkyl halides is 1. The fraction of sp³-hybridized carbons (Fsp3) is 1.00. The second kappa shape index (κ2) is 5.49. The third-order valence-electron chi connectivity index (χ3n) is 1.93. The van der Waals surface area contributed by atoms with Crippen LogP contribution < -0.4 is 0 Å². The van der Waals surface area contributed by atoms with Crippen LogP contribution in [0.3, 0.4) is 0 Å². The van der Waals surface area contributed by atoms with E-state index < -0.39 is 6.17 Å². The molecule has 0 saturated carbocycles. The molecular formula is C8H18FNO. The van der Waals surface area contributed by atoms with Crippen LogP contribution in [0.4, 0.5) is 4.39 Å². The van der Waals surface area contributed by atoms with Crippen LogP contribution in [0.15, 0.2) is 0 Å². The van der Waals surface area contributed by atoms with Crippen molar-refractivity contribution in [3.05, 3.63) is 0 Å². The highest BCUT2D eigenvalue weighted by Crippen LogP contribution is 2.17. The van der Waals surface area contributed by atoms with Gasteiger partial charge in [0.25, 0.3) is 0 Å². The normalized spacial score (nSPS) is 31.4. The van der Waals surface area contributed by atoms with Gasteiger partial charge in [-0.3, -0.25) is 4.90 Å². The zero-order chi connectivity index (χ0) is 8.85. The lowest BCUT2D eigenvalue weighted by atomic mass is 10.2. The highest BCUT2D eigenvalue weighted by molar-refractivity contribution is 4.84. The van der Waals surface area contributed by atoms with Gasteiger partial charge in [-0.05, 0) is 13.5 Å². The van der Waals surface area contributed by atoms with E-state index in [9.17, 15) is 4.39 Å². The summed E-state index contributed by atoms with van der Waals surface area (Å²) in [5.74, 6) is 0. The lowest BCUT2D eigenvalue weighted by molar-refractivity contribution is 0.135. The molecule has 0 bridgehead atoms. The van der Waals surface area contributed by atoms with Gasteiger partial charge in [0.2, 0.25) is 0 Å². The second-order valence-corrected chi connectivity index (χ2v) is 2.54. The monoisotopic (exact) mass is 163 g/mol. The van der Waals surface area contributed by atoms with Crippen LogP contribution in [-0.2, 0) is 0 Å². The molecule has 0 aromatic carbocycles. The fourth-order valence-corrected chi connectivity index (χ4v) is 1.22. The average Bonchev–Trinajstić information content (AvgIpc) is 2.35. The van der Waals surface area contributed by atoms with Crippen molar-refractivity contribution in [3.8, 4) is 0 Å². The maximum absolute atomic E-state index is 12.6. The highest BCUT2D eigenvalue weighted by Gasteiger charge is 2.30. The molecule has 1 saturated heterocycles. The Kier molecular flexibility index (Phi) is 5.42. The summed E-state index contributed by atoms with van der Waals surface area (Å²) in [6, 6.07) is -0.245. The largest absolute Gasteiger partial charge is 0.395 e. The number of likely N-dealkylation sites (tertiary alicyclic amines) is 1. The van der Waals surface area contributed by atoms with Crippen molar-refractivity contribution in [2.45, 2.75) is 32.5 Å². The Balaban J connectivity index is 0.000000461. The number of likely N-dealkylation sites (N-methyl/N-ethyl adjacent to an activating group) is 1. The summed E-state index contributed by atoms with van der Waals surface area (Å²) in [5.41, 5.74) is 0. The second-order valence-electron chi connectivity index (χ2n) is 2.54. The lowest BCUT2D eigenvalue weighted by Gasteiger charge is -2.17. The standard InChI is InChI=1S/C6H12FNO.C2H6/c1-8-3-2-5(7)6(8)4-9;1-2/h5-6,9H,2-4H2,1H3;1-2H3/t5-,6-;/m1./s1. The van der Waals surface area contributed by atoms with Gasteiger partial charge < -0.3 is 5.11 Å². The van der Waals surface area contributed by atoms with Gasteiger partial charge in [-0.2, -0.15) is 0 Å². The number of nitrogens with zero attached hydrogens (tertiary/aromatic N) is 1. The minimum absolute atomic E-state index is 0.0579. The Bertz CT molecular complexity index is 90.1. The Morgan fingerprint density at radius 1 is 1.55 bits per heavy atom. The number of hydrogen-bond acceptors (Lipinski definition) is 2. The van der Waals surface area contributed by atoms with Crippen molar-refractivity contribution in [3.63, 3.8) is 0 Å². The maximum Gasteiger partial charge on any atom is 0.119 e. The summed E-state index contributed by atoms with van der Waals surface area (Å²) < 4.78 is 12.6. The Hall–Kier alpha value is -0.150. The van der Waals surface area contributed by atoms with Crippen LogP contribution in [0.5, 0.6) is 0 Å². The molecule has 1 heterocycles. The molecule has 0 aromatic heterocycles. The van der Waals surface area contributed by atoms with Crippen LogP contribution in [0.1, 0.15) is 20.3 Å². The Morgan fingerprint density at radius 2 is 2.09 bits per heavy atom. The predicted octanol–water partition coefficient (Wildman–Crippen LogP) is 1.05. The first-order chi connectivity index (χ1) is 5.25. The molecule has 2 nitrogen and oxygen atoms in total. The molecule has 0 aliphatic carbocycles. The Morgan fingerprint density at radius 3 is 2.27 bits per heavy atom. The van der Waals surface area contributed by atoms with Crippen molar-refractivity contribution in [2.24, 2.45) is 0 Å². The molecule has 68 valence electrons. The minimum atomic E-state index is -0.819. The lowest BCUT2D eigenvalue weighted by Crippen LogP contribution is -2.33. The molecule has 0 radical (unpaired) electrons. The number of rotatable bonds is 1. The molecule has 1 rings (SSSR count). The highest BCUT2D eigenvalue weighted by atomic mass is 19.1. The van der Waals surface area contributed by atoms with Crippen molar-refractivity contribution in [1.82, 2.24) is 4.90 Å². The van der Waals surface area contributed by atoms with E-state index in [4.69, 9.17) is 5.11 Å². The molecule has 1 fully saturated rings. The molecule has 3 heteroatoms. The molecule has 1 N–H and O–H groups in total. The SMILES string of the molecule is CC.CN1CC[C@@H](F)[C@H]1CO. The molecule has 0 spiro atoms. The molecule has 0 unspecified atom stereocenters. The van der Waals surface area contributed by atoms with Crippen LogP contribution >= 0.6 is 0 Å². The molecular weight excluding hydrogens is 145 g/mol. The smallest absolute Gasteiger partial charge is 0.119 e. The fourth-order valence-electron chi connectivity index (χ4n) is 1.22. The van der Waals surface area contributed by atoms with Crippen LogP contribution in [0.2, 0.25) is 0 Å². The zero-order valence-corrected chi connectivity index (χ0v) is 7.55. The number of aliphatic hydroxyl groups excluding tert-OH is 1. The van der Waals surface area contributed by atoms with E-state index in [1.165, 1.54) is 0 Å². The summed E-state index contributed by atoms with van der Waals surface area (Å²) >= 11 is 0. The molecule has 2 atom stereocenters. The first kappa shape index (κ1) is 10.8. The Labute approximate surface area is 68.0 Å². The van der Waals surface area contributed by atoms with Gasteiger partial charge in [0.15, 0.2) is 0 Å². The third kappa shape index (κ3) is 2.75. The minimum Gasteiger partial charge on any atom is -0.395 e. The van der Waals surface area contributed by atoms with E-state index in [1.807, 2.05) is 25.8 Å². The van der Waals surface area contributed by atoms with E-state index in [0.29, 0.717) is 6.42 Å². The van der Waals surface area contributed by atoms with Gasteiger partial charge in [-0.15, -0.1) is 0 Å². The van der Waals surface area contributed by atoms with Gasteiger partial charge in [-0.1, -0.05) is 13.8 Å². The topological polar surface area (TPSA) is 23.5 Å². The molecule has 11 heavy (non-hydrogen) atoms. The molecule has 0 aromatic rings. The van der Waals surface area contributed by atoms with Gasteiger partial charge in [0.1, 0.15) is 6.17 Å². The summed E-state index contributed by atoms with van der Waals surface area (Å²) in [5, 5.41) is 8.63. The van der Waals surface area contributed by atoms with Gasteiger partial charge >= 0.3 is 0 Å². The van der Waals surface area contributed by atoms with Crippen molar-refractivity contribution >= 4 is 0 Å². The summed E-state index contributed by atoms with van der Waals surface area (Å²) in [7, 11) is 1.83. The van der Waals surface area contributed by atoms with E-state index in [2.05, 4.69) is 0 Å². The van der Waals surface area contributed by atoms with E-state index in [1.54, 1.807) is 0 Å². The maximum atomic E-state index is 12.6. The van der Waals surface area contributed by atoms with E-state index in [0.717, 1.165) is 6.54 Å². The molecule has 0 amide bonds. The van der Waals surface area contributed by atoms with Gasteiger partial charge in [0, 0.05) is 6.54 Å². The summed E-state index contributed by atoms with van der Waals surface area (Å²) in [6.07, 6.45) is -0.248. The molecule has 1 aliphatic heterocycles. The summed E-state index contributed by atoms with van der Waals surface area (Å²) in [4.78, 5) is 1.85. The summed E-state index contributed by atoms with van der Waals surface area (Å²) in [6.45, 7) is 4.71. The predicted molar refractivity (Wildman–Crippen MR) is 44.4 cm³/mol. The zero-order valence-electron chi connectivity index (χ0n) is 7.55. The van der Waals surface area contributed by atoms with Crippen molar-refractivity contribution in [1.29, 1.82) is 0 Å². The quantitative estimate of drug-likeness (QED) is 0.624. The van der Waals surface area contributed by atoms with Crippen molar-refractivity contribution in [2.75, 3.05) is 20.2 Å². The van der Waals surface area contributed by atoms with E-state index >= 15 is 0 Å². The average molecular weight is 163 g/mol. The van der Waals surface area contributed by atoms with Crippen LogP contribution in [0, 0.1) is 0 Å². The van der Waals surface area contributed by atoms with Crippen molar-refractivity contribution < 1.29 is 9.50 Å². The number of aliphatic hydroxyl groups is 1. The van der Waals surface area contributed by atoms with Gasteiger partial charge in [0.05, 0.1) is 12.6 Å². The van der Waals surface area contributed by atoms with Gasteiger partial charge in [-0.25, -0.2) is 4.39 Å².